The minimum atomic E-state index is 0.630. The molecule has 0 aromatic carbocycles. The molecule has 18 heavy (non-hydrogen) atoms. The lowest BCUT2D eigenvalue weighted by Crippen LogP contribution is -2.17. The third-order valence-electron chi connectivity index (χ3n) is 3.19. The average Bonchev–Trinajstić information content (AvgIpc) is 3.13. The number of rotatable bonds is 4. The van der Waals surface area contributed by atoms with Gasteiger partial charge in [-0.05, 0) is 42.4 Å². The highest BCUT2D eigenvalue weighted by Gasteiger charge is 2.31. The lowest BCUT2D eigenvalue weighted by atomic mass is 10.2. The van der Waals surface area contributed by atoms with Gasteiger partial charge in [-0.2, -0.15) is 4.37 Å². The number of anilines is 2. The summed E-state index contributed by atoms with van der Waals surface area (Å²) in [6.45, 7) is 0.794. The van der Waals surface area contributed by atoms with E-state index in [0.29, 0.717) is 11.7 Å². The SMILES string of the molecule is CN(Cc1ccccn1)c1snc(N)c1C1CC1. The van der Waals surface area contributed by atoms with Crippen LogP contribution in [-0.4, -0.2) is 16.4 Å². The highest BCUT2D eigenvalue weighted by Crippen LogP contribution is 2.48. The normalized spacial score (nSPS) is 14.7. The molecule has 4 nitrogen and oxygen atoms in total. The summed E-state index contributed by atoms with van der Waals surface area (Å²) in [6, 6.07) is 5.99. The van der Waals surface area contributed by atoms with Crippen LogP contribution in [-0.2, 0) is 6.54 Å². The molecule has 1 saturated carbocycles. The summed E-state index contributed by atoms with van der Waals surface area (Å²) in [6.07, 6.45) is 4.31. The first-order chi connectivity index (χ1) is 8.75. The quantitative estimate of drug-likeness (QED) is 0.918. The lowest BCUT2D eigenvalue weighted by Gasteiger charge is -2.18. The van der Waals surface area contributed by atoms with Gasteiger partial charge in [0.25, 0.3) is 0 Å². The van der Waals surface area contributed by atoms with E-state index < -0.39 is 0 Å². The largest absolute Gasteiger partial charge is 0.383 e. The van der Waals surface area contributed by atoms with E-state index in [2.05, 4.69) is 21.3 Å². The molecule has 1 fully saturated rings. The molecular weight excluding hydrogens is 244 g/mol. The Bertz CT molecular complexity index is 533. The zero-order valence-corrected chi connectivity index (χ0v) is 11.2. The number of hydrogen-bond donors (Lipinski definition) is 1. The molecule has 0 aliphatic heterocycles. The van der Waals surface area contributed by atoms with Gasteiger partial charge >= 0.3 is 0 Å². The summed E-state index contributed by atoms with van der Waals surface area (Å²) in [5.41, 5.74) is 8.28. The summed E-state index contributed by atoms with van der Waals surface area (Å²) < 4.78 is 4.30. The molecule has 0 saturated heterocycles. The first-order valence-corrected chi connectivity index (χ1v) is 6.89. The van der Waals surface area contributed by atoms with Gasteiger partial charge in [-0.15, -0.1) is 0 Å². The van der Waals surface area contributed by atoms with Crippen molar-refractivity contribution in [3.63, 3.8) is 0 Å². The van der Waals surface area contributed by atoms with Crippen molar-refractivity contribution in [2.24, 2.45) is 0 Å². The topological polar surface area (TPSA) is 55.0 Å². The van der Waals surface area contributed by atoms with Gasteiger partial charge in [0.2, 0.25) is 0 Å². The van der Waals surface area contributed by atoms with Crippen LogP contribution >= 0.6 is 11.5 Å². The Labute approximate surface area is 111 Å². The standard InChI is InChI=1S/C13H16N4S/c1-17(8-10-4-2-3-7-15-10)13-11(9-5-6-9)12(14)16-18-13/h2-4,7,9H,5-6,8H2,1H3,(H2,14,16). The van der Waals surface area contributed by atoms with Crippen molar-refractivity contribution in [3.05, 3.63) is 35.7 Å². The second kappa shape index (κ2) is 4.57. The Morgan fingerprint density at radius 1 is 1.44 bits per heavy atom. The molecule has 0 radical (unpaired) electrons. The molecule has 2 aromatic heterocycles. The maximum Gasteiger partial charge on any atom is 0.142 e. The van der Waals surface area contributed by atoms with Gasteiger partial charge in [0.05, 0.1) is 12.2 Å². The van der Waals surface area contributed by atoms with Crippen LogP contribution in [0, 0.1) is 0 Å². The molecule has 0 atom stereocenters. The summed E-state index contributed by atoms with van der Waals surface area (Å²) in [4.78, 5) is 6.55. The van der Waals surface area contributed by atoms with Crippen LogP contribution in [0.25, 0.3) is 0 Å². The Hall–Kier alpha value is -1.62. The van der Waals surface area contributed by atoms with E-state index in [-0.39, 0.29) is 0 Å². The van der Waals surface area contributed by atoms with Crippen LogP contribution in [0.15, 0.2) is 24.4 Å². The van der Waals surface area contributed by atoms with Crippen molar-refractivity contribution >= 4 is 22.4 Å². The fourth-order valence-electron chi connectivity index (χ4n) is 2.14. The Kier molecular flexibility index (Phi) is 2.91. The van der Waals surface area contributed by atoms with Crippen LogP contribution in [0.1, 0.15) is 30.0 Å². The van der Waals surface area contributed by atoms with Crippen LogP contribution in [0.5, 0.6) is 0 Å². The second-order valence-electron chi connectivity index (χ2n) is 4.74. The monoisotopic (exact) mass is 260 g/mol. The summed E-state index contributed by atoms with van der Waals surface area (Å²) in [5.74, 6) is 1.34. The predicted octanol–water partition coefficient (Wildman–Crippen LogP) is 2.63. The zero-order chi connectivity index (χ0) is 12.5. The van der Waals surface area contributed by atoms with E-state index in [0.717, 1.165) is 12.2 Å². The highest BCUT2D eigenvalue weighted by atomic mass is 32.1. The van der Waals surface area contributed by atoms with Gasteiger partial charge in [0.1, 0.15) is 10.8 Å². The van der Waals surface area contributed by atoms with E-state index in [1.165, 1.54) is 34.9 Å². The average molecular weight is 260 g/mol. The summed E-state index contributed by atoms with van der Waals surface area (Å²) >= 11 is 1.49. The van der Waals surface area contributed by atoms with Gasteiger partial charge in [-0.25, -0.2) is 0 Å². The number of nitrogens with zero attached hydrogens (tertiary/aromatic N) is 3. The maximum absolute atomic E-state index is 5.97. The van der Waals surface area contributed by atoms with Gasteiger partial charge in [0, 0.05) is 18.8 Å². The van der Waals surface area contributed by atoms with E-state index in [4.69, 9.17) is 5.73 Å². The number of hydrogen-bond acceptors (Lipinski definition) is 5. The smallest absolute Gasteiger partial charge is 0.142 e. The molecule has 0 bridgehead atoms. The number of nitrogens with two attached hydrogens (primary N) is 1. The number of pyridine rings is 1. The van der Waals surface area contributed by atoms with Gasteiger partial charge in [0.15, 0.2) is 0 Å². The summed E-state index contributed by atoms with van der Waals surface area (Å²) in [5, 5.41) is 1.20. The number of nitrogen functional groups attached to an aromatic ring is 1. The third-order valence-corrected chi connectivity index (χ3v) is 4.19. The first kappa shape index (κ1) is 11.5. The van der Waals surface area contributed by atoms with Gasteiger partial charge in [-0.3, -0.25) is 4.98 Å². The van der Waals surface area contributed by atoms with E-state index in [9.17, 15) is 0 Å². The molecule has 5 heteroatoms. The molecule has 2 N–H and O–H groups in total. The minimum absolute atomic E-state index is 0.630. The van der Waals surface area contributed by atoms with E-state index >= 15 is 0 Å². The van der Waals surface area contributed by atoms with Crippen LogP contribution < -0.4 is 10.6 Å². The van der Waals surface area contributed by atoms with Crippen molar-refractivity contribution in [2.75, 3.05) is 17.7 Å². The van der Waals surface area contributed by atoms with Crippen LogP contribution in [0.2, 0.25) is 0 Å². The first-order valence-electron chi connectivity index (χ1n) is 6.12. The molecule has 2 aromatic rings. The van der Waals surface area contributed by atoms with Crippen molar-refractivity contribution < 1.29 is 0 Å². The Balaban J connectivity index is 1.82. The van der Waals surface area contributed by atoms with Gasteiger partial charge < -0.3 is 10.6 Å². The minimum Gasteiger partial charge on any atom is -0.383 e. The highest BCUT2D eigenvalue weighted by molar-refractivity contribution is 7.10. The predicted molar refractivity (Wildman–Crippen MR) is 74.8 cm³/mol. The molecule has 1 aliphatic rings. The molecule has 0 amide bonds. The van der Waals surface area contributed by atoms with Crippen molar-refractivity contribution in [1.29, 1.82) is 0 Å². The lowest BCUT2D eigenvalue weighted by molar-refractivity contribution is 0.885. The van der Waals surface area contributed by atoms with Crippen molar-refractivity contribution in [1.82, 2.24) is 9.36 Å². The molecule has 0 unspecified atom stereocenters. The number of aromatic nitrogens is 2. The Morgan fingerprint density at radius 3 is 2.94 bits per heavy atom. The molecule has 0 spiro atoms. The van der Waals surface area contributed by atoms with Crippen LogP contribution in [0.3, 0.4) is 0 Å². The van der Waals surface area contributed by atoms with Gasteiger partial charge in [-0.1, -0.05) is 6.07 Å². The van der Waals surface area contributed by atoms with E-state index in [1.54, 1.807) is 0 Å². The summed E-state index contributed by atoms with van der Waals surface area (Å²) in [7, 11) is 2.08. The van der Waals surface area contributed by atoms with Crippen molar-refractivity contribution in [2.45, 2.75) is 25.3 Å². The third kappa shape index (κ3) is 2.18. The fraction of sp³-hybridized carbons (Fsp3) is 0.385. The molecule has 3 rings (SSSR count). The van der Waals surface area contributed by atoms with E-state index in [1.807, 2.05) is 24.4 Å². The molecular formula is C13H16N4S. The molecule has 1 aliphatic carbocycles. The Morgan fingerprint density at radius 2 is 2.28 bits per heavy atom. The fourth-order valence-corrected chi connectivity index (χ4v) is 2.99. The second-order valence-corrected chi connectivity index (χ2v) is 5.49. The van der Waals surface area contributed by atoms with Crippen LogP contribution in [0.4, 0.5) is 10.8 Å². The van der Waals surface area contributed by atoms with Crippen molar-refractivity contribution in [3.8, 4) is 0 Å². The maximum atomic E-state index is 5.97. The zero-order valence-electron chi connectivity index (χ0n) is 10.3. The molecule has 2 heterocycles. The molecule has 94 valence electrons.